The summed E-state index contributed by atoms with van der Waals surface area (Å²) in [6.45, 7) is 0. The van der Waals surface area contributed by atoms with Crippen molar-refractivity contribution in [3.63, 3.8) is 0 Å². The van der Waals surface area contributed by atoms with Gasteiger partial charge in [-0.15, -0.1) is 0 Å². The molecule has 0 rings (SSSR count). The topological polar surface area (TPSA) is 120 Å². The molecule has 6 heavy (non-hydrogen) atoms. The van der Waals surface area contributed by atoms with Crippen molar-refractivity contribution in [1.29, 1.82) is 0 Å². The SMILES string of the molecule is [Ba].[OH-].[OH-].[OH-].[OH-].[Ti]. The Morgan fingerprint density at radius 3 is 0.500 bits per heavy atom. The van der Waals surface area contributed by atoms with Gasteiger partial charge in [0.2, 0.25) is 0 Å². The quantitative estimate of drug-likeness (QED) is 0.509. The molecule has 0 aromatic carbocycles. The summed E-state index contributed by atoms with van der Waals surface area (Å²) >= 11 is 0. The molecule has 0 aromatic heterocycles. The summed E-state index contributed by atoms with van der Waals surface area (Å²) in [6, 6.07) is 0. The monoisotopic (exact) mass is 254 g/mol. The van der Waals surface area contributed by atoms with Crippen molar-refractivity contribution in [3.8, 4) is 0 Å². The normalized spacial score (nSPS) is 0. The van der Waals surface area contributed by atoms with Crippen molar-refractivity contribution in [1.82, 2.24) is 0 Å². The molecule has 0 unspecified atom stereocenters. The van der Waals surface area contributed by atoms with Crippen LogP contribution in [0.15, 0.2) is 0 Å². The average Bonchev–Trinajstić information content (AvgIpc) is 0. The number of rotatable bonds is 0. The Morgan fingerprint density at radius 1 is 0.500 bits per heavy atom. The predicted octanol–water partition coefficient (Wildman–Crippen LogP) is -1.09. The molecule has 0 heterocycles. The second kappa shape index (κ2) is 59.2. The maximum absolute atomic E-state index is 0. The van der Waals surface area contributed by atoms with Crippen LogP contribution in [0.4, 0.5) is 0 Å². The molecular weight excluding hydrogens is 249 g/mol. The van der Waals surface area contributed by atoms with Crippen LogP contribution in [0, 0.1) is 0 Å². The molecule has 0 spiro atoms. The van der Waals surface area contributed by atoms with Gasteiger partial charge in [0.05, 0.1) is 0 Å². The van der Waals surface area contributed by atoms with Crippen molar-refractivity contribution in [2.45, 2.75) is 0 Å². The fourth-order valence-electron chi connectivity index (χ4n) is 0. The van der Waals surface area contributed by atoms with Gasteiger partial charge in [-0.05, 0) is 0 Å². The van der Waals surface area contributed by atoms with E-state index in [0.717, 1.165) is 0 Å². The van der Waals surface area contributed by atoms with E-state index in [1.165, 1.54) is 0 Å². The van der Waals surface area contributed by atoms with Crippen LogP contribution in [-0.4, -0.2) is 70.8 Å². The summed E-state index contributed by atoms with van der Waals surface area (Å²) in [4.78, 5) is 0. The third-order valence-electron chi connectivity index (χ3n) is 0. The third kappa shape index (κ3) is 35.6. The zero-order chi connectivity index (χ0) is 0. The van der Waals surface area contributed by atoms with Crippen LogP contribution in [0.5, 0.6) is 0 Å². The summed E-state index contributed by atoms with van der Waals surface area (Å²) in [5.74, 6) is 0. The molecule has 4 nitrogen and oxygen atoms in total. The fourth-order valence-corrected chi connectivity index (χ4v) is 0. The maximum Gasteiger partial charge on any atom is 0 e. The van der Waals surface area contributed by atoms with Gasteiger partial charge < -0.3 is 21.9 Å². The number of hydrogen-bond acceptors (Lipinski definition) is 4. The summed E-state index contributed by atoms with van der Waals surface area (Å²) in [5, 5.41) is 0. The minimum atomic E-state index is 0. The molecular formula is H4BaO4Ti-4. The molecule has 0 amide bonds. The van der Waals surface area contributed by atoms with E-state index in [-0.39, 0.29) is 92.5 Å². The smallest absolute Gasteiger partial charge is 0 e. The Bertz CT molecular complexity index is 7.51. The second-order valence-corrected chi connectivity index (χ2v) is 0. The van der Waals surface area contributed by atoms with Crippen LogP contribution >= 0.6 is 0 Å². The average molecular weight is 253 g/mol. The Hall–Kier alpha value is 2.13. The molecule has 0 saturated carbocycles. The van der Waals surface area contributed by atoms with Gasteiger partial charge in [0.1, 0.15) is 0 Å². The largest absolute Gasteiger partial charge is 0.870 e. The molecule has 2 radical (unpaired) electrons. The Kier molecular flexibility index (Phi) is 901. The van der Waals surface area contributed by atoms with Crippen molar-refractivity contribution >= 4 is 48.9 Å². The Labute approximate surface area is 90.9 Å². The van der Waals surface area contributed by atoms with Gasteiger partial charge in [0.15, 0.2) is 0 Å². The van der Waals surface area contributed by atoms with E-state index in [1.54, 1.807) is 0 Å². The van der Waals surface area contributed by atoms with E-state index in [4.69, 9.17) is 0 Å². The van der Waals surface area contributed by atoms with E-state index < -0.39 is 0 Å². The Morgan fingerprint density at radius 2 is 0.500 bits per heavy atom. The van der Waals surface area contributed by atoms with E-state index in [9.17, 15) is 0 Å². The zero-order valence-electron chi connectivity index (χ0n) is 3.00. The molecule has 6 heteroatoms. The van der Waals surface area contributed by atoms with Crippen LogP contribution < -0.4 is 0 Å². The van der Waals surface area contributed by atoms with Gasteiger partial charge in [-0.2, -0.15) is 0 Å². The fraction of sp³-hybridized carbons (Fsp3) is 0. The summed E-state index contributed by atoms with van der Waals surface area (Å²) in [6.07, 6.45) is 0. The molecule has 0 aliphatic rings. The van der Waals surface area contributed by atoms with E-state index in [0.29, 0.717) is 0 Å². The summed E-state index contributed by atoms with van der Waals surface area (Å²) in [5.41, 5.74) is 0. The third-order valence-corrected chi connectivity index (χ3v) is 0. The van der Waals surface area contributed by atoms with Gasteiger partial charge in [0.25, 0.3) is 0 Å². The molecule has 0 fully saturated rings. The first-order chi connectivity index (χ1) is 0. The molecule has 38 valence electrons. The zero-order valence-corrected chi connectivity index (χ0v) is 9.00. The van der Waals surface area contributed by atoms with Gasteiger partial charge in [-0.1, -0.05) is 0 Å². The molecule has 0 atom stereocenters. The van der Waals surface area contributed by atoms with Crippen LogP contribution in [0.3, 0.4) is 0 Å². The van der Waals surface area contributed by atoms with Crippen molar-refractivity contribution in [2.75, 3.05) is 0 Å². The van der Waals surface area contributed by atoms with Crippen molar-refractivity contribution in [2.24, 2.45) is 0 Å². The van der Waals surface area contributed by atoms with Crippen LogP contribution in [-0.2, 0) is 21.7 Å². The Balaban J connectivity index is 0. The van der Waals surface area contributed by atoms with Crippen LogP contribution in [0.25, 0.3) is 0 Å². The van der Waals surface area contributed by atoms with Gasteiger partial charge in [-0.25, -0.2) is 0 Å². The second-order valence-electron chi connectivity index (χ2n) is 0. The predicted molar refractivity (Wildman–Crippen MR) is 13.5 cm³/mol. The van der Waals surface area contributed by atoms with Crippen LogP contribution in [0.1, 0.15) is 0 Å². The first-order valence-corrected chi connectivity index (χ1v) is 0. The van der Waals surface area contributed by atoms with E-state index in [1.807, 2.05) is 0 Å². The van der Waals surface area contributed by atoms with Gasteiger partial charge in [-0.3, -0.25) is 0 Å². The summed E-state index contributed by atoms with van der Waals surface area (Å²) < 4.78 is 0. The number of hydrogen-bond donors (Lipinski definition) is 0. The molecule has 0 saturated heterocycles. The first kappa shape index (κ1) is 91.3. The maximum atomic E-state index is 0. The molecule has 4 N–H and O–H groups in total. The molecule has 0 aliphatic carbocycles. The standard InChI is InChI=1S/Ba.4H2O.Ti/h;4*1H2;/p-4. The van der Waals surface area contributed by atoms with Crippen molar-refractivity contribution < 1.29 is 43.6 Å². The minimum absolute atomic E-state index is 0. The van der Waals surface area contributed by atoms with E-state index >= 15 is 0 Å². The molecule has 0 bridgehead atoms. The molecule has 0 aliphatic heterocycles. The van der Waals surface area contributed by atoms with Gasteiger partial charge >= 0.3 is 0 Å². The summed E-state index contributed by atoms with van der Waals surface area (Å²) in [7, 11) is 0. The van der Waals surface area contributed by atoms with E-state index in [2.05, 4.69) is 0 Å². The minimum Gasteiger partial charge on any atom is -0.870 e. The van der Waals surface area contributed by atoms with Crippen molar-refractivity contribution in [3.05, 3.63) is 0 Å². The molecule has 0 aromatic rings. The van der Waals surface area contributed by atoms with Gasteiger partial charge in [0, 0.05) is 70.6 Å². The first-order valence-electron chi connectivity index (χ1n) is 0. The van der Waals surface area contributed by atoms with Crippen LogP contribution in [0.2, 0.25) is 0 Å².